The Morgan fingerprint density at radius 1 is 1.24 bits per heavy atom. The van der Waals surface area contributed by atoms with E-state index in [4.69, 9.17) is 4.74 Å². The summed E-state index contributed by atoms with van der Waals surface area (Å²) < 4.78 is 7.71. The number of morpholine rings is 1. The fourth-order valence-electron chi connectivity index (χ4n) is 3.85. The van der Waals surface area contributed by atoms with Crippen molar-refractivity contribution >= 4 is 22.9 Å². The smallest absolute Gasteiger partial charge is 0.279 e. The average Bonchev–Trinajstić information content (AvgIpc) is 3.47. The van der Waals surface area contributed by atoms with Gasteiger partial charge in [0.1, 0.15) is 0 Å². The Bertz CT molecular complexity index is 957. The van der Waals surface area contributed by atoms with Gasteiger partial charge in [-0.1, -0.05) is 26.8 Å². The van der Waals surface area contributed by atoms with E-state index in [-0.39, 0.29) is 11.3 Å². The van der Waals surface area contributed by atoms with Crippen molar-refractivity contribution in [3.63, 3.8) is 0 Å². The third-order valence-corrected chi connectivity index (χ3v) is 7.25. The van der Waals surface area contributed by atoms with Crippen LogP contribution in [-0.2, 0) is 16.7 Å². The van der Waals surface area contributed by atoms with E-state index in [0.717, 1.165) is 49.3 Å². The van der Waals surface area contributed by atoms with Crippen molar-refractivity contribution in [3.05, 3.63) is 45.2 Å². The van der Waals surface area contributed by atoms with Crippen LogP contribution in [0.25, 0.3) is 0 Å². The third kappa shape index (κ3) is 4.64. The van der Waals surface area contributed by atoms with E-state index in [0.29, 0.717) is 5.56 Å². The maximum absolute atomic E-state index is 13.1. The van der Waals surface area contributed by atoms with Crippen LogP contribution in [0, 0.1) is 12.8 Å². The molecular formula is C23H31N3O2S. The molecule has 1 aromatic heterocycles. The highest BCUT2D eigenvalue weighted by atomic mass is 32.1. The molecule has 29 heavy (non-hydrogen) atoms. The molecule has 0 bridgehead atoms. The molecule has 0 N–H and O–H groups in total. The molecule has 2 heterocycles. The minimum atomic E-state index is -0.161. The second-order valence-electron chi connectivity index (χ2n) is 9.17. The molecule has 4 rings (SSSR count). The summed E-state index contributed by atoms with van der Waals surface area (Å²) in [5.41, 5.74) is 3.02. The predicted molar refractivity (Wildman–Crippen MR) is 118 cm³/mol. The summed E-state index contributed by atoms with van der Waals surface area (Å²) in [5, 5.41) is 0. The van der Waals surface area contributed by atoms with E-state index < -0.39 is 0 Å². The van der Waals surface area contributed by atoms with E-state index in [1.165, 1.54) is 23.4 Å². The van der Waals surface area contributed by atoms with E-state index in [9.17, 15) is 4.79 Å². The number of thiazole rings is 1. The number of hydrogen-bond acceptors (Lipinski definition) is 4. The first-order chi connectivity index (χ1) is 13.8. The second kappa shape index (κ2) is 8.07. The van der Waals surface area contributed by atoms with Gasteiger partial charge >= 0.3 is 0 Å². The fraction of sp³-hybridized carbons (Fsp3) is 0.565. The van der Waals surface area contributed by atoms with Gasteiger partial charge in [-0.25, -0.2) is 0 Å². The maximum Gasteiger partial charge on any atom is 0.279 e. The molecule has 1 saturated heterocycles. The van der Waals surface area contributed by atoms with Crippen molar-refractivity contribution in [2.75, 3.05) is 31.2 Å². The Labute approximate surface area is 177 Å². The second-order valence-corrected chi connectivity index (χ2v) is 10.1. The number of hydrogen-bond donors (Lipinski definition) is 0. The normalized spacial score (nSPS) is 18.3. The molecule has 2 aliphatic rings. The largest absolute Gasteiger partial charge is 0.378 e. The van der Waals surface area contributed by atoms with Crippen LogP contribution in [0.4, 0.5) is 5.69 Å². The molecule has 0 radical (unpaired) electrons. The molecular weight excluding hydrogens is 382 g/mol. The zero-order valence-electron chi connectivity index (χ0n) is 17.9. The molecule has 6 heteroatoms. The number of aromatic nitrogens is 1. The number of benzene rings is 1. The first-order valence-corrected chi connectivity index (χ1v) is 11.4. The first kappa shape index (κ1) is 20.4. The Hall–Kier alpha value is -1.92. The molecule has 1 aromatic carbocycles. The number of carbonyl (C=O) groups is 1. The van der Waals surface area contributed by atoms with Crippen LogP contribution < -0.4 is 9.70 Å². The van der Waals surface area contributed by atoms with E-state index in [1.807, 2.05) is 18.2 Å². The number of rotatable bonds is 4. The Kier molecular flexibility index (Phi) is 5.67. The maximum atomic E-state index is 13.1. The summed E-state index contributed by atoms with van der Waals surface area (Å²) >= 11 is 1.67. The lowest BCUT2D eigenvalue weighted by Crippen LogP contribution is -2.36. The van der Waals surface area contributed by atoms with Crippen LogP contribution in [0.3, 0.4) is 0 Å². The van der Waals surface area contributed by atoms with Gasteiger partial charge in [-0.15, -0.1) is 11.3 Å². The Morgan fingerprint density at radius 2 is 1.97 bits per heavy atom. The molecule has 1 aliphatic heterocycles. The molecule has 1 amide bonds. The molecule has 0 atom stereocenters. The van der Waals surface area contributed by atoms with Crippen LogP contribution >= 0.6 is 11.3 Å². The van der Waals surface area contributed by atoms with E-state index in [2.05, 4.69) is 48.2 Å². The number of amides is 1. The molecule has 156 valence electrons. The monoisotopic (exact) mass is 413 g/mol. The topological polar surface area (TPSA) is 46.8 Å². The Morgan fingerprint density at radius 3 is 2.62 bits per heavy atom. The standard InChI is InChI=1S/C23H31N3O2S/c1-16-20(23(2,3)4)29-22(26(16)15-17-8-9-17)24-21(27)18-6-5-7-19(14-18)25-10-12-28-13-11-25/h5-7,14,17H,8-13,15H2,1-4H3. The lowest BCUT2D eigenvalue weighted by Gasteiger charge is -2.29. The number of carbonyl (C=O) groups excluding carboxylic acids is 1. The van der Waals surface area contributed by atoms with Crippen LogP contribution in [0.15, 0.2) is 29.3 Å². The molecule has 5 nitrogen and oxygen atoms in total. The van der Waals surface area contributed by atoms with Crippen LogP contribution in [0.1, 0.15) is 54.5 Å². The van der Waals surface area contributed by atoms with Crippen LogP contribution in [-0.4, -0.2) is 36.8 Å². The lowest BCUT2D eigenvalue weighted by atomic mass is 9.93. The average molecular weight is 414 g/mol. The SMILES string of the molecule is Cc1c(C(C)(C)C)sc(=NC(=O)c2cccc(N3CCOCC3)c2)n1CC1CC1. The highest BCUT2D eigenvalue weighted by molar-refractivity contribution is 7.09. The van der Waals surface area contributed by atoms with Crippen molar-refractivity contribution in [1.29, 1.82) is 0 Å². The lowest BCUT2D eigenvalue weighted by molar-refractivity contribution is 0.0997. The van der Waals surface area contributed by atoms with Crippen molar-refractivity contribution in [2.24, 2.45) is 10.9 Å². The van der Waals surface area contributed by atoms with Crippen molar-refractivity contribution in [3.8, 4) is 0 Å². The first-order valence-electron chi connectivity index (χ1n) is 10.6. The third-order valence-electron chi connectivity index (χ3n) is 5.64. The quantitative estimate of drug-likeness (QED) is 0.757. The Balaban J connectivity index is 1.67. The van der Waals surface area contributed by atoms with E-state index >= 15 is 0 Å². The molecule has 2 fully saturated rings. The molecule has 2 aromatic rings. The van der Waals surface area contributed by atoms with E-state index in [1.54, 1.807) is 11.3 Å². The number of anilines is 1. The zero-order chi connectivity index (χ0) is 20.6. The van der Waals surface area contributed by atoms with Gasteiger partial charge in [-0.05, 0) is 49.3 Å². The summed E-state index contributed by atoms with van der Waals surface area (Å²) in [5.74, 6) is 0.571. The van der Waals surface area contributed by atoms with Gasteiger partial charge in [0.2, 0.25) is 0 Å². The van der Waals surface area contributed by atoms with Gasteiger partial charge in [0.15, 0.2) is 4.80 Å². The fourth-order valence-corrected chi connectivity index (χ4v) is 5.04. The molecule has 1 aliphatic carbocycles. The summed E-state index contributed by atoms with van der Waals surface area (Å²) in [4.78, 5) is 22.1. The highest BCUT2D eigenvalue weighted by Crippen LogP contribution is 2.33. The minimum absolute atomic E-state index is 0.0487. The summed E-state index contributed by atoms with van der Waals surface area (Å²) in [6.45, 7) is 13.0. The summed E-state index contributed by atoms with van der Waals surface area (Å²) in [6, 6.07) is 7.84. The van der Waals surface area contributed by atoms with Crippen LogP contribution in [0.5, 0.6) is 0 Å². The number of ether oxygens (including phenoxy) is 1. The van der Waals surface area contributed by atoms with Gasteiger partial charge in [-0.3, -0.25) is 4.79 Å². The summed E-state index contributed by atoms with van der Waals surface area (Å²) in [6.07, 6.45) is 2.56. The molecule has 0 spiro atoms. The van der Waals surface area contributed by atoms with Crippen molar-refractivity contribution in [2.45, 2.75) is 52.5 Å². The van der Waals surface area contributed by atoms with Crippen molar-refractivity contribution < 1.29 is 9.53 Å². The van der Waals surface area contributed by atoms with Gasteiger partial charge in [0.05, 0.1) is 13.2 Å². The zero-order valence-corrected chi connectivity index (χ0v) is 18.7. The summed E-state index contributed by atoms with van der Waals surface area (Å²) in [7, 11) is 0. The molecule has 1 saturated carbocycles. The minimum Gasteiger partial charge on any atom is -0.378 e. The number of nitrogens with zero attached hydrogens (tertiary/aromatic N) is 3. The highest BCUT2D eigenvalue weighted by Gasteiger charge is 2.27. The van der Waals surface area contributed by atoms with Gasteiger partial charge < -0.3 is 14.2 Å². The van der Waals surface area contributed by atoms with Gasteiger partial charge in [-0.2, -0.15) is 4.99 Å². The predicted octanol–water partition coefficient (Wildman–Crippen LogP) is 4.14. The molecule has 0 unspecified atom stereocenters. The van der Waals surface area contributed by atoms with Crippen molar-refractivity contribution in [1.82, 2.24) is 4.57 Å². The van der Waals surface area contributed by atoms with Gasteiger partial charge in [0, 0.05) is 41.5 Å². The van der Waals surface area contributed by atoms with Crippen LogP contribution in [0.2, 0.25) is 0 Å². The van der Waals surface area contributed by atoms with Gasteiger partial charge in [0.25, 0.3) is 5.91 Å².